The Balaban J connectivity index is 2.13. The summed E-state index contributed by atoms with van der Waals surface area (Å²) in [4.78, 5) is 26.0. The highest BCUT2D eigenvalue weighted by atomic mass is 32.2. The quantitative estimate of drug-likeness (QED) is 0.777. The van der Waals surface area contributed by atoms with E-state index in [1.54, 1.807) is 4.57 Å². The van der Waals surface area contributed by atoms with E-state index in [2.05, 4.69) is 10.2 Å². The van der Waals surface area contributed by atoms with Gasteiger partial charge in [-0.25, -0.2) is 0 Å². The molecule has 1 aliphatic rings. The Bertz CT molecular complexity index is 541. The van der Waals surface area contributed by atoms with Crippen molar-refractivity contribution < 1.29 is 9.59 Å². The van der Waals surface area contributed by atoms with Crippen molar-refractivity contribution in [2.45, 2.75) is 56.1 Å². The molecule has 0 radical (unpaired) electrons. The van der Waals surface area contributed by atoms with Gasteiger partial charge in [0, 0.05) is 19.5 Å². The zero-order valence-electron chi connectivity index (χ0n) is 12.6. The van der Waals surface area contributed by atoms with Gasteiger partial charge in [-0.2, -0.15) is 0 Å². The molecule has 2 amide bonds. The number of nitrogens with zero attached hydrogens (tertiary/aromatic N) is 4. The van der Waals surface area contributed by atoms with Crippen molar-refractivity contribution in [2.24, 2.45) is 12.8 Å². The summed E-state index contributed by atoms with van der Waals surface area (Å²) >= 11 is 1.29. The summed E-state index contributed by atoms with van der Waals surface area (Å²) < 4.78 is 1.77. The summed E-state index contributed by atoms with van der Waals surface area (Å²) in [6.45, 7) is 4.28. The molecular weight excluding hydrogens is 290 g/mol. The summed E-state index contributed by atoms with van der Waals surface area (Å²) in [5.41, 5.74) is 5.56. The average molecular weight is 311 g/mol. The Morgan fingerprint density at radius 2 is 2.00 bits per heavy atom. The standard InChI is InChI=1S/C13H21N5O2S/c1-4-8(5-2)18-11(19)6-9(12(18)20)21-13-16-15-10(7-14)17(13)3/h8-9H,4-7,14H2,1-3H3. The SMILES string of the molecule is CCC(CC)N1C(=O)CC(Sc2nnc(CN)n2C)C1=O. The summed E-state index contributed by atoms with van der Waals surface area (Å²) in [5.74, 6) is 0.453. The molecule has 1 fully saturated rings. The van der Waals surface area contributed by atoms with E-state index in [0.717, 1.165) is 12.8 Å². The van der Waals surface area contributed by atoms with Crippen molar-refractivity contribution in [3.63, 3.8) is 0 Å². The maximum Gasteiger partial charge on any atom is 0.243 e. The minimum atomic E-state index is -0.411. The first kappa shape index (κ1) is 16.0. The maximum absolute atomic E-state index is 12.5. The predicted octanol–water partition coefficient (Wildman–Crippen LogP) is 0.682. The number of carbonyl (C=O) groups is 2. The molecule has 1 atom stereocenters. The largest absolute Gasteiger partial charge is 0.324 e. The Hall–Kier alpha value is -1.41. The molecule has 0 aromatic carbocycles. The van der Waals surface area contributed by atoms with E-state index >= 15 is 0 Å². The molecule has 0 spiro atoms. The van der Waals surface area contributed by atoms with E-state index in [1.807, 2.05) is 20.9 Å². The minimum Gasteiger partial charge on any atom is -0.324 e. The van der Waals surface area contributed by atoms with Gasteiger partial charge in [-0.15, -0.1) is 10.2 Å². The number of carbonyl (C=O) groups excluding carboxylic acids is 2. The Labute approximate surface area is 128 Å². The fourth-order valence-corrected chi connectivity index (χ4v) is 3.55. The van der Waals surface area contributed by atoms with Crippen LogP contribution in [0, 0.1) is 0 Å². The Kier molecular flexibility index (Phi) is 5.00. The van der Waals surface area contributed by atoms with Crippen LogP contribution in [0.4, 0.5) is 0 Å². The van der Waals surface area contributed by atoms with Crippen molar-refractivity contribution in [2.75, 3.05) is 0 Å². The van der Waals surface area contributed by atoms with Gasteiger partial charge in [-0.1, -0.05) is 25.6 Å². The molecule has 21 heavy (non-hydrogen) atoms. The van der Waals surface area contributed by atoms with E-state index < -0.39 is 5.25 Å². The topological polar surface area (TPSA) is 94.1 Å². The van der Waals surface area contributed by atoms with Crippen LogP contribution in [0.15, 0.2) is 5.16 Å². The van der Waals surface area contributed by atoms with Crippen LogP contribution in [0.1, 0.15) is 38.9 Å². The van der Waals surface area contributed by atoms with Crippen molar-refractivity contribution in [3.8, 4) is 0 Å². The van der Waals surface area contributed by atoms with E-state index in [9.17, 15) is 9.59 Å². The lowest BCUT2D eigenvalue weighted by molar-refractivity contribution is -0.141. The van der Waals surface area contributed by atoms with Crippen LogP contribution in [-0.2, 0) is 23.2 Å². The smallest absolute Gasteiger partial charge is 0.243 e. The lowest BCUT2D eigenvalue weighted by Gasteiger charge is -2.24. The normalized spacial score (nSPS) is 19.1. The summed E-state index contributed by atoms with van der Waals surface area (Å²) in [6, 6.07) is -0.00491. The number of likely N-dealkylation sites (tertiary alicyclic amines) is 1. The highest BCUT2D eigenvalue weighted by molar-refractivity contribution is 8.00. The van der Waals surface area contributed by atoms with Crippen LogP contribution in [-0.4, -0.2) is 42.8 Å². The molecule has 1 aliphatic heterocycles. The zero-order valence-corrected chi connectivity index (χ0v) is 13.4. The summed E-state index contributed by atoms with van der Waals surface area (Å²) in [7, 11) is 1.81. The first-order chi connectivity index (χ1) is 10.0. The van der Waals surface area contributed by atoms with Crippen LogP contribution in [0.5, 0.6) is 0 Å². The molecule has 116 valence electrons. The molecule has 2 heterocycles. The van der Waals surface area contributed by atoms with E-state index in [4.69, 9.17) is 5.73 Å². The molecule has 1 aromatic rings. The lowest BCUT2D eigenvalue weighted by atomic mass is 10.1. The number of aromatic nitrogens is 3. The van der Waals surface area contributed by atoms with Gasteiger partial charge in [0.1, 0.15) is 11.1 Å². The van der Waals surface area contributed by atoms with Gasteiger partial charge in [0.2, 0.25) is 11.8 Å². The van der Waals surface area contributed by atoms with Gasteiger partial charge >= 0.3 is 0 Å². The lowest BCUT2D eigenvalue weighted by Crippen LogP contribution is -2.40. The van der Waals surface area contributed by atoms with Crippen molar-refractivity contribution in [1.82, 2.24) is 19.7 Å². The van der Waals surface area contributed by atoms with Gasteiger partial charge in [0.25, 0.3) is 0 Å². The van der Waals surface area contributed by atoms with Crippen LogP contribution < -0.4 is 5.73 Å². The Morgan fingerprint density at radius 3 is 2.52 bits per heavy atom. The monoisotopic (exact) mass is 311 g/mol. The number of hydrogen-bond acceptors (Lipinski definition) is 6. The number of hydrogen-bond donors (Lipinski definition) is 1. The van der Waals surface area contributed by atoms with Gasteiger partial charge in [-0.05, 0) is 12.8 Å². The van der Waals surface area contributed by atoms with E-state index in [0.29, 0.717) is 17.5 Å². The van der Waals surface area contributed by atoms with Crippen molar-refractivity contribution >= 4 is 23.6 Å². The maximum atomic E-state index is 12.5. The van der Waals surface area contributed by atoms with Crippen molar-refractivity contribution in [3.05, 3.63) is 5.82 Å². The second-order valence-corrected chi connectivity index (χ2v) is 6.21. The molecule has 7 nitrogen and oxygen atoms in total. The molecule has 0 saturated carbocycles. The molecule has 2 rings (SSSR count). The second-order valence-electron chi connectivity index (χ2n) is 5.04. The molecule has 1 unspecified atom stereocenters. The zero-order chi connectivity index (χ0) is 15.6. The number of rotatable bonds is 6. The van der Waals surface area contributed by atoms with Crippen LogP contribution in [0.3, 0.4) is 0 Å². The van der Waals surface area contributed by atoms with Gasteiger partial charge in [-0.3, -0.25) is 14.5 Å². The number of imide groups is 1. The third-order valence-corrected chi connectivity index (χ3v) is 5.02. The van der Waals surface area contributed by atoms with Crippen LogP contribution in [0.25, 0.3) is 0 Å². The van der Waals surface area contributed by atoms with Crippen molar-refractivity contribution in [1.29, 1.82) is 0 Å². The first-order valence-electron chi connectivity index (χ1n) is 7.14. The molecule has 8 heteroatoms. The molecule has 0 aliphatic carbocycles. The van der Waals surface area contributed by atoms with E-state index in [1.165, 1.54) is 16.7 Å². The fourth-order valence-electron chi connectivity index (χ4n) is 2.50. The van der Waals surface area contributed by atoms with E-state index in [-0.39, 0.29) is 24.3 Å². The molecule has 1 aromatic heterocycles. The minimum absolute atomic E-state index is 0.00491. The average Bonchev–Trinajstić information content (AvgIpc) is 2.95. The van der Waals surface area contributed by atoms with Gasteiger partial charge < -0.3 is 10.3 Å². The number of nitrogens with two attached hydrogens (primary N) is 1. The fraction of sp³-hybridized carbons (Fsp3) is 0.692. The van der Waals surface area contributed by atoms with Gasteiger partial charge in [0.15, 0.2) is 5.16 Å². The molecule has 2 N–H and O–H groups in total. The van der Waals surface area contributed by atoms with Crippen LogP contribution in [0.2, 0.25) is 0 Å². The highest BCUT2D eigenvalue weighted by Gasteiger charge is 2.42. The Morgan fingerprint density at radius 1 is 1.33 bits per heavy atom. The van der Waals surface area contributed by atoms with Gasteiger partial charge in [0.05, 0.1) is 6.54 Å². The summed E-state index contributed by atoms with van der Waals surface area (Å²) in [5, 5.41) is 8.21. The molecular formula is C13H21N5O2S. The molecule has 0 bridgehead atoms. The second kappa shape index (κ2) is 6.57. The highest BCUT2D eigenvalue weighted by Crippen LogP contribution is 2.32. The number of thioether (sulfide) groups is 1. The molecule has 1 saturated heterocycles. The summed E-state index contributed by atoms with van der Waals surface area (Å²) in [6.07, 6.45) is 1.80. The first-order valence-corrected chi connectivity index (χ1v) is 8.02. The third kappa shape index (κ3) is 2.96. The van der Waals surface area contributed by atoms with Crippen LogP contribution >= 0.6 is 11.8 Å². The third-order valence-electron chi connectivity index (χ3n) is 3.80. The predicted molar refractivity (Wildman–Crippen MR) is 79.4 cm³/mol. The number of amides is 2.